The molecule has 0 unspecified atom stereocenters. The van der Waals surface area contributed by atoms with Crippen LogP contribution >= 0.6 is 0 Å². The first-order chi connectivity index (χ1) is 11.9. The van der Waals surface area contributed by atoms with Crippen LogP contribution in [-0.4, -0.2) is 5.97 Å². The Morgan fingerprint density at radius 1 is 1.20 bits per heavy atom. The normalized spacial score (nSPS) is 20.8. The van der Waals surface area contributed by atoms with E-state index in [2.05, 4.69) is 45.9 Å². The number of rotatable bonds is 6. The molecule has 3 rings (SSSR count). The Labute approximate surface area is 149 Å². The van der Waals surface area contributed by atoms with Crippen molar-refractivity contribution in [3.8, 4) is 0 Å². The summed E-state index contributed by atoms with van der Waals surface area (Å²) in [5, 5.41) is 0. The van der Waals surface area contributed by atoms with E-state index >= 15 is 0 Å². The lowest BCUT2D eigenvalue weighted by Crippen LogP contribution is -2.10. The van der Waals surface area contributed by atoms with Gasteiger partial charge < -0.3 is 9.15 Å². The molecule has 132 valence electrons. The molecule has 1 heterocycles. The van der Waals surface area contributed by atoms with E-state index in [0.717, 1.165) is 17.7 Å². The summed E-state index contributed by atoms with van der Waals surface area (Å²) >= 11 is 0. The zero-order valence-corrected chi connectivity index (χ0v) is 15.4. The Bertz CT molecular complexity index is 764. The first-order valence-electron chi connectivity index (χ1n) is 8.80. The first-order valence-corrected chi connectivity index (χ1v) is 8.80. The van der Waals surface area contributed by atoms with Gasteiger partial charge >= 0.3 is 5.97 Å². The topological polar surface area (TPSA) is 39.4 Å². The van der Waals surface area contributed by atoms with Gasteiger partial charge in [0, 0.05) is 12.0 Å². The molecule has 3 heteroatoms. The van der Waals surface area contributed by atoms with Crippen molar-refractivity contribution >= 4 is 5.97 Å². The fraction of sp³-hybridized carbons (Fsp3) is 0.409. The number of benzene rings is 1. The maximum Gasteiger partial charge on any atom is 0.310 e. The van der Waals surface area contributed by atoms with Gasteiger partial charge in [-0.3, -0.25) is 4.79 Å². The van der Waals surface area contributed by atoms with Gasteiger partial charge in [0.25, 0.3) is 0 Å². The van der Waals surface area contributed by atoms with Crippen LogP contribution < -0.4 is 0 Å². The highest BCUT2D eigenvalue weighted by Crippen LogP contribution is 2.59. The number of furan rings is 1. The summed E-state index contributed by atoms with van der Waals surface area (Å²) in [5.74, 6) is 1.01. The average molecular weight is 338 g/mol. The highest BCUT2D eigenvalue weighted by molar-refractivity contribution is 5.78. The number of esters is 1. The molecule has 0 aliphatic heterocycles. The Morgan fingerprint density at radius 3 is 2.60 bits per heavy atom. The van der Waals surface area contributed by atoms with Crippen LogP contribution in [0.4, 0.5) is 0 Å². The number of hydrogen-bond acceptors (Lipinski definition) is 3. The lowest BCUT2D eigenvalue weighted by Gasteiger charge is -2.03. The molecular formula is C22H26O3. The van der Waals surface area contributed by atoms with Crippen LogP contribution in [0.3, 0.4) is 0 Å². The Hall–Kier alpha value is -2.29. The molecule has 3 nitrogen and oxygen atoms in total. The van der Waals surface area contributed by atoms with Gasteiger partial charge in [-0.2, -0.15) is 0 Å². The minimum Gasteiger partial charge on any atom is -0.469 e. The van der Waals surface area contributed by atoms with E-state index in [1.165, 1.54) is 11.1 Å². The fourth-order valence-electron chi connectivity index (χ4n) is 3.43. The van der Waals surface area contributed by atoms with Crippen molar-refractivity contribution in [1.29, 1.82) is 0 Å². The molecule has 1 aliphatic carbocycles. The number of ether oxygens (including phenoxy) is 1. The van der Waals surface area contributed by atoms with Crippen molar-refractivity contribution < 1.29 is 13.9 Å². The molecule has 0 bridgehead atoms. The largest absolute Gasteiger partial charge is 0.469 e. The van der Waals surface area contributed by atoms with Crippen LogP contribution in [0.2, 0.25) is 0 Å². The fourth-order valence-corrected chi connectivity index (χ4v) is 3.43. The molecule has 0 spiro atoms. The van der Waals surface area contributed by atoms with Crippen LogP contribution in [0.15, 0.2) is 58.7 Å². The van der Waals surface area contributed by atoms with Gasteiger partial charge in [0.05, 0.1) is 12.2 Å². The van der Waals surface area contributed by atoms with Crippen molar-refractivity contribution in [3.05, 3.63) is 71.2 Å². The molecule has 0 amide bonds. The lowest BCUT2D eigenvalue weighted by atomic mass is 10.1. The molecule has 0 saturated heterocycles. The molecule has 0 N–H and O–H groups in total. The van der Waals surface area contributed by atoms with Crippen molar-refractivity contribution in [2.45, 2.75) is 40.7 Å². The predicted molar refractivity (Wildman–Crippen MR) is 97.9 cm³/mol. The minimum atomic E-state index is -0.113. The van der Waals surface area contributed by atoms with Crippen molar-refractivity contribution in [1.82, 2.24) is 0 Å². The van der Waals surface area contributed by atoms with Crippen molar-refractivity contribution in [3.63, 3.8) is 0 Å². The molecular weight excluding hydrogens is 312 g/mol. The molecule has 1 aromatic carbocycles. The van der Waals surface area contributed by atoms with E-state index in [4.69, 9.17) is 9.15 Å². The van der Waals surface area contributed by atoms with E-state index in [1.54, 1.807) is 6.26 Å². The second-order valence-electron chi connectivity index (χ2n) is 7.76. The molecule has 2 atom stereocenters. The monoisotopic (exact) mass is 338 g/mol. The third-order valence-electron chi connectivity index (χ3n) is 4.99. The smallest absolute Gasteiger partial charge is 0.310 e. The van der Waals surface area contributed by atoms with Gasteiger partial charge in [0.15, 0.2) is 0 Å². The summed E-state index contributed by atoms with van der Waals surface area (Å²) in [6, 6.07) is 12.1. The molecule has 1 saturated carbocycles. The molecule has 1 aliphatic rings. The van der Waals surface area contributed by atoms with E-state index in [-0.39, 0.29) is 29.8 Å². The standard InChI is InChI=1S/C22H26O3/c1-15(2)10-19-20(22(19,3)4)21(23)25-14-17-12-18(24-13-17)11-16-8-6-5-7-9-16/h5-10,12-13,19-20H,11,14H2,1-4H3/t19-,20+/m0/s1. The number of hydrogen-bond donors (Lipinski definition) is 0. The summed E-state index contributed by atoms with van der Waals surface area (Å²) in [6.07, 6.45) is 4.60. The summed E-state index contributed by atoms with van der Waals surface area (Å²) in [7, 11) is 0. The van der Waals surface area contributed by atoms with Gasteiger partial charge in [-0.25, -0.2) is 0 Å². The molecule has 2 aromatic rings. The molecule has 1 aromatic heterocycles. The highest BCUT2D eigenvalue weighted by Gasteiger charge is 2.61. The summed E-state index contributed by atoms with van der Waals surface area (Å²) in [6.45, 7) is 8.65. The van der Waals surface area contributed by atoms with Crippen molar-refractivity contribution in [2.24, 2.45) is 17.3 Å². The maximum atomic E-state index is 12.4. The Balaban J connectivity index is 1.54. The third kappa shape index (κ3) is 4.04. The zero-order valence-electron chi connectivity index (χ0n) is 15.4. The molecule has 0 radical (unpaired) electrons. The van der Waals surface area contributed by atoms with Crippen LogP contribution in [0, 0.1) is 17.3 Å². The lowest BCUT2D eigenvalue weighted by molar-refractivity contribution is -0.147. The summed E-state index contributed by atoms with van der Waals surface area (Å²) in [4.78, 5) is 12.4. The number of carbonyl (C=O) groups excluding carboxylic acids is 1. The summed E-state index contributed by atoms with van der Waals surface area (Å²) in [5.41, 5.74) is 3.33. The van der Waals surface area contributed by atoms with Crippen LogP contribution in [-0.2, 0) is 22.6 Å². The van der Waals surface area contributed by atoms with E-state index < -0.39 is 0 Å². The van der Waals surface area contributed by atoms with Crippen LogP contribution in [0.5, 0.6) is 0 Å². The predicted octanol–water partition coefficient (Wildman–Crippen LogP) is 5.15. The first kappa shape index (κ1) is 17.5. The van der Waals surface area contributed by atoms with E-state index in [1.807, 2.05) is 24.3 Å². The van der Waals surface area contributed by atoms with Crippen molar-refractivity contribution in [2.75, 3.05) is 0 Å². The van der Waals surface area contributed by atoms with E-state index in [9.17, 15) is 4.79 Å². The quantitative estimate of drug-likeness (QED) is 0.540. The maximum absolute atomic E-state index is 12.4. The SMILES string of the molecule is CC(C)=C[C@H]1[C@H](C(=O)OCc2coc(Cc3ccccc3)c2)C1(C)C. The van der Waals surface area contributed by atoms with Gasteiger partial charge in [0.2, 0.25) is 0 Å². The zero-order chi connectivity index (χ0) is 18.0. The van der Waals surface area contributed by atoms with Gasteiger partial charge in [0.1, 0.15) is 12.4 Å². The van der Waals surface area contributed by atoms with Crippen LogP contribution in [0.1, 0.15) is 44.6 Å². The molecule has 25 heavy (non-hydrogen) atoms. The Morgan fingerprint density at radius 2 is 1.92 bits per heavy atom. The Kier molecular flexibility index (Phi) is 4.85. The highest BCUT2D eigenvalue weighted by atomic mass is 16.5. The van der Waals surface area contributed by atoms with Gasteiger partial charge in [-0.05, 0) is 36.8 Å². The average Bonchev–Trinajstić information content (AvgIpc) is 2.90. The number of carbonyl (C=O) groups is 1. The third-order valence-corrected chi connectivity index (χ3v) is 4.99. The minimum absolute atomic E-state index is 0.0107. The molecule has 1 fully saturated rings. The summed E-state index contributed by atoms with van der Waals surface area (Å²) < 4.78 is 11.1. The van der Waals surface area contributed by atoms with E-state index in [0.29, 0.717) is 0 Å². The van der Waals surface area contributed by atoms with Gasteiger partial charge in [-0.1, -0.05) is 55.8 Å². The second kappa shape index (κ2) is 6.91. The van der Waals surface area contributed by atoms with Crippen LogP contribution in [0.25, 0.3) is 0 Å². The second-order valence-corrected chi connectivity index (χ2v) is 7.76. The number of allylic oxidation sites excluding steroid dienone is 2. The van der Waals surface area contributed by atoms with Gasteiger partial charge in [-0.15, -0.1) is 0 Å².